The van der Waals surface area contributed by atoms with Crippen LogP contribution in [-0.2, 0) is 0 Å². The van der Waals surface area contributed by atoms with Gasteiger partial charge in [-0.15, -0.1) is 0 Å². The summed E-state index contributed by atoms with van der Waals surface area (Å²) in [6.45, 7) is 4.31. The minimum atomic E-state index is 1.02. The predicted molar refractivity (Wildman–Crippen MR) is 52.3 cm³/mol. The zero-order valence-electron chi connectivity index (χ0n) is 7.10. The first-order valence-corrected chi connectivity index (χ1v) is 5.33. The van der Waals surface area contributed by atoms with Gasteiger partial charge < -0.3 is 5.32 Å². The largest absolute Gasteiger partial charge is 0.365 e. The summed E-state index contributed by atoms with van der Waals surface area (Å²) in [6.07, 6.45) is 3.74. The summed E-state index contributed by atoms with van der Waals surface area (Å²) < 4.78 is 0. The summed E-state index contributed by atoms with van der Waals surface area (Å²) in [5.41, 5.74) is 0. The lowest BCUT2D eigenvalue weighted by atomic mass is 10.3. The first kappa shape index (κ1) is 8.91. The smallest absolute Gasteiger partial charge is 0.156 e. The van der Waals surface area contributed by atoms with Crippen LogP contribution in [0.4, 0.5) is 0 Å². The van der Waals surface area contributed by atoms with Crippen LogP contribution in [0.3, 0.4) is 0 Å². The van der Waals surface area contributed by atoms with Crippen LogP contribution in [0.15, 0.2) is 4.99 Å². The number of nitrogens with zero attached hydrogens (tertiary/aromatic N) is 1. The number of aliphatic imine (C=N–C) groups is 1. The van der Waals surface area contributed by atoms with E-state index < -0.39 is 0 Å². The Kier molecular flexibility index (Phi) is 4.43. The molecular weight excluding hydrogens is 156 g/mol. The molecule has 0 atom stereocenters. The van der Waals surface area contributed by atoms with E-state index in [4.69, 9.17) is 0 Å². The summed E-state index contributed by atoms with van der Waals surface area (Å²) in [5.74, 6) is 1.23. The molecule has 0 bridgehead atoms. The fourth-order valence-corrected chi connectivity index (χ4v) is 1.79. The minimum absolute atomic E-state index is 1.02. The van der Waals surface area contributed by atoms with Crippen LogP contribution in [0, 0.1) is 0 Å². The van der Waals surface area contributed by atoms with Crippen LogP contribution < -0.4 is 5.32 Å². The van der Waals surface area contributed by atoms with E-state index in [1.54, 1.807) is 0 Å². The molecule has 0 saturated heterocycles. The van der Waals surface area contributed by atoms with Crippen LogP contribution in [0.2, 0.25) is 0 Å². The third-order valence-electron chi connectivity index (χ3n) is 1.60. The Balaban J connectivity index is 2.09. The Morgan fingerprint density at radius 3 is 3.18 bits per heavy atom. The van der Waals surface area contributed by atoms with Crippen LogP contribution in [0.1, 0.15) is 26.2 Å². The van der Waals surface area contributed by atoms with E-state index in [2.05, 4.69) is 17.2 Å². The third kappa shape index (κ3) is 3.65. The van der Waals surface area contributed by atoms with Crippen molar-refractivity contribution in [2.75, 3.05) is 18.8 Å². The number of nitrogens with one attached hydrogen (secondary N) is 1. The second kappa shape index (κ2) is 5.47. The lowest BCUT2D eigenvalue weighted by Gasteiger charge is -2.12. The molecule has 0 aliphatic carbocycles. The lowest BCUT2D eigenvalue weighted by molar-refractivity contribution is 0.754. The van der Waals surface area contributed by atoms with Gasteiger partial charge in [-0.2, -0.15) is 0 Å². The minimum Gasteiger partial charge on any atom is -0.365 e. The number of thioether (sulfide) groups is 1. The highest BCUT2D eigenvalue weighted by Crippen LogP contribution is 2.09. The van der Waals surface area contributed by atoms with Gasteiger partial charge in [0.25, 0.3) is 0 Å². The molecule has 0 aromatic carbocycles. The SMILES string of the molecule is CCCCNC1=NCCCS1. The molecular formula is C8H16N2S. The number of rotatable bonds is 3. The predicted octanol–water partition coefficient (Wildman–Crippen LogP) is 1.87. The third-order valence-corrected chi connectivity index (χ3v) is 2.64. The lowest BCUT2D eigenvalue weighted by Crippen LogP contribution is -2.24. The Morgan fingerprint density at radius 1 is 1.64 bits per heavy atom. The van der Waals surface area contributed by atoms with Crippen molar-refractivity contribution in [3.8, 4) is 0 Å². The second-order valence-corrected chi connectivity index (χ2v) is 3.75. The fourth-order valence-electron chi connectivity index (χ4n) is 0.939. The van der Waals surface area contributed by atoms with E-state index in [0.717, 1.165) is 18.3 Å². The van der Waals surface area contributed by atoms with Crippen LogP contribution in [-0.4, -0.2) is 24.0 Å². The molecule has 0 aromatic rings. The molecule has 1 N–H and O–H groups in total. The van der Waals surface area contributed by atoms with Gasteiger partial charge in [-0.3, -0.25) is 4.99 Å². The van der Waals surface area contributed by atoms with Gasteiger partial charge in [0, 0.05) is 18.8 Å². The number of hydrogen-bond acceptors (Lipinski definition) is 3. The van der Waals surface area contributed by atoms with E-state index in [1.807, 2.05) is 11.8 Å². The molecule has 1 rings (SSSR count). The Bertz CT molecular complexity index is 134. The van der Waals surface area contributed by atoms with Gasteiger partial charge >= 0.3 is 0 Å². The van der Waals surface area contributed by atoms with E-state index in [-0.39, 0.29) is 0 Å². The van der Waals surface area contributed by atoms with Crippen molar-refractivity contribution in [2.24, 2.45) is 4.99 Å². The standard InChI is InChI=1S/C8H16N2S/c1-2-3-5-9-8-10-6-4-7-11-8/h2-7H2,1H3,(H,9,10). The molecule has 0 unspecified atom stereocenters. The molecule has 11 heavy (non-hydrogen) atoms. The van der Waals surface area contributed by atoms with E-state index >= 15 is 0 Å². The van der Waals surface area contributed by atoms with Gasteiger partial charge in [0.05, 0.1) is 0 Å². The highest BCUT2D eigenvalue weighted by Gasteiger charge is 2.03. The van der Waals surface area contributed by atoms with Crippen molar-refractivity contribution in [2.45, 2.75) is 26.2 Å². The van der Waals surface area contributed by atoms with Gasteiger partial charge in [0.2, 0.25) is 0 Å². The molecule has 0 amide bonds. The molecule has 0 aromatic heterocycles. The van der Waals surface area contributed by atoms with Crippen LogP contribution >= 0.6 is 11.8 Å². The number of amidine groups is 1. The van der Waals surface area contributed by atoms with Crippen molar-refractivity contribution in [1.82, 2.24) is 5.32 Å². The first-order chi connectivity index (χ1) is 5.43. The number of unbranched alkanes of at least 4 members (excludes halogenated alkanes) is 1. The maximum Gasteiger partial charge on any atom is 0.156 e. The summed E-state index contributed by atoms with van der Waals surface area (Å²) in [6, 6.07) is 0. The monoisotopic (exact) mass is 172 g/mol. The van der Waals surface area contributed by atoms with Crippen LogP contribution in [0.25, 0.3) is 0 Å². The summed E-state index contributed by atoms with van der Waals surface area (Å²) in [5, 5.41) is 4.49. The zero-order valence-corrected chi connectivity index (χ0v) is 7.91. The van der Waals surface area contributed by atoms with Crippen molar-refractivity contribution in [3.63, 3.8) is 0 Å². The molecule has 1 heterocycles. The molecule has 0 fully saturated rings. The normalized spacial score (nSPS) is 17.7. The molecule has 1 aliphatic heterocycles. The molecule has 2 nitrogen and oxygen atoms in total. The molecule has 64 valence electrons. The van der Waals surface area contributed by atoms with Gasteiger partial charge in [0.15, 0.2) is 5.17 Å². The second-order valence-electron chi connectivity index (χ2n) is 2.67. The van der Waals surface area contributed by atoms with Gasteiger partial charge in [-0.25, -0.2) is 0 Å². The Morgan fingerprint density at radius 2 is 2.55 bits per heavy atom. The maximum absolute atomic E-state index is 4.37. The number of hydrogen-bond donors (Lipinski definition) is 1. The molecule has 0 radical (unpaired) electrons. The first-order valence-electron chi connectivity index (χ1n) is 4.34. The highest BCUT2D eigenvalue weighted by atomic mass is 32.2. The molecule has 0 saturated carbocycles. The molecule has 1 aliphatic rings. The fraction of sp³-hybridized carbons (Fsp3) is 0.875. The van der Waals surface area contributed by atoms with E-state index in [0.29, 0.717) is 0 Å². The average Bonchev–Trinajstić information content (AvgIpc) is 2.07. The quantitative estimate of drug-likeness (QED) is 0.657. The van der Waals surface area contributed by atoms with E-state index in [9.17, 15) is 0 Å². The average molecular weight is 172 g/mol. The van der Waals surface area contributed by atoms with Crippen molar-refractivity contribution in [3.05, 3.63) is 0 Å². The van der Waals surface area contributed by atoms with Gasteiger partial charge in [0.1, 0.15) is 0 Å². The van der Waals surface area contributed by atoms with Crippen molar-refractivity contribution >= 4 is 16.9 Å². The summed E-state index contributed by atoms with van der Waals surface area (Å²) >= 11 is 1.85. The maximum atomic E-state index is 4.37. The summed E-state index contributed by atoms with van der Waals surface area (Å²) in [7, 11) is 0. The van der Waals surface area contributed by atoms with Crippen molar-refractivity contribution in [1.29, 1.82) is 0 Å². The Hall–Kier alpha value is -0.180. The molecule has 0 spiro atoms. The van der Waals surface area contributed by atoms with Crippen LogP contribution in [0.5, 0.6) is 0 Å². The zero-order chi connectivity index (χ0) is 7.94. The van der Waals surface area contributed by atoms with E-state index in [1.165, 1.54) is 25.0 Å². The van der Waals surface area contributed by atoms with Gasteiger partial charge in [-0.05, 0) is 12.8 Å². The highest BCUT2D eigenvalue weighted by molar-refractivity contribution is 8.13. The Labute approximate surface area is 72.9 Å². The molecule has 3 heteroatoms. The van der Waals surface area contributed by atoms with Gasteiger partial charge in [-0.1, -0.05) is 25.1 Å². The topological polar surface area (TPSA) is 24.4 Å². The van der Waals surface area contributed by atoms with Crippen molar-refractivity contribution < 1.29 is 0 Å². The summed E-state index contributed by atoms with van der Waals surface area (Å²) in [4.78, 5) is 4.37.